The number of hydrogen-bond donors (Lipinski definition) is 2. The van der Waals surface area contributed by atoms with Gasteiger partial charge in [-0.1, -0.05) is 0 Å². The van der Waals surface area contributed by atoms with Gasteiger partial charge in [0.1, 0.15) is 23.7 Å². The van der Waals surface area contributed by atoms with Crippen LogP contribution in [0.25, 0.3) is 0 Å². The van der Waals surface area contributed by atoms with Crippen molar-refractivity contribution in [1.82, 2.24) is 0 Å². The summed E-state index contributed by atoms with van der Waals surface area (Å²) in [7, 11) is 0. The van der Waals surface area contributed by atoms with E-state index in [1.165, 1.54) is 0 Å². The zero-order valence-corrected chi connectivity index (χ0v) is 17.8. The van der Waals surface area contributed by atoms with E-state index in [0.717, 1.165) is 12.8 Å². The Balaban J connectivity index is 1.32. The van der Waals surface area contributed by atoms with Crippen LogP contribution in [-0.2, 0) is 37.9 Å². The van der Waals surface area contributed by atoms with Crippen LogP contribution in [0.15, 0.2) is 23.7 Å². The first-order valence-electron chi connectivity index (χ1n) is 10.3. The summed E-state index contributed by atoms with van der Waals surface area (Å²) in [5.74, 6) is 0.786. The van der Waals surface area contributed by atoms with Crippen LogP contribution in [0.2, 0.25) is 0 Å². The molecule has 0 amide bonds. The fourth-order valence-corrected chi connectivity index (χ4v) is 2.45. The number of rotatable bonds is 17. The number of carbonyl (C=O) groups is 2. The average molecular weight is 462 g/mol. The second kappa shape index (κ2) is 15.6. The molecule has 2 fully saturated rings. The number of aliphatic hydroxyl groups is 2. The van der Waals surface area contributed by atoms with E-state index in [-0.39, 0.29) is 52.9 Å². The molecule has 0 aromatic heterocycles. The molecule has 2 atom stereocenters. The molecule has 0 aliphatic carbocycles. The summed E-state index contributed by atoms with van der Waals surface area (Å²) < 4.78 is 39.9. The first kappa shape index (κ1) is 26.0. The van der Waals surface area contributed by atoms with Crippen LogP contribution in [0.3, 0.4) is 0 Å². The Labute approximate surface area is 185 Å². The lowest BCUT2D eigenvalue weighted by Gasteiger charge is -2.12. The van der Waals surface area contributed by atoms with E-state index >= 15 is 0 Å². The van der Waals surface area contributed by atoms with Gasteiger partial charge < -0.3 is 48.1 Å². The highest BCUT2D eigenvalue weighted by Crippen LogP contribution is 2.10. The van der Waals surface area contributed by atoms with Crippen molar-refractivity contribution in [1.29, 1.82) is 0 Å². The molecule has 0 aromatic carbocycles. The Morgan fingerprint density at radius 2 is 1.12 bits per heavy atom. The van der Waals surface area contributed by atoms with Crippen molar-refractivity contribution in [2.45, 2.75) is 25.0 Å². The molecule has 0 spiro atoms. The van der Waals surface area contributed by atoms with Gasteiger partial charge >= 0.3 is 12.3 Å². The summed E-state index contributed by atoms with van der Waals surface area (Å²) in [6, 6.07) is 0. The van der Waals surface area contributed by atoms with Gasteiger partial charge in [-0.15, -0.1) is 0 Å². The summed E-state index contributed by atoms with van der Waals surface area (Å²) in [5.41, 5.74) is 0. The third-order valence-corrected chi connectivity index (χ3v) is 4.02. The molecule has 12 nitrogen and oxygen atoms in total. The minimum atomic E-state index is -0.758. The number of hydrogen-bond acceptors (Lipinski definition) is 12. The molecule has 2 heterocycles. The second-order valence-corrected chi connectivity index (χ2v) is 6.86. The van der Waals surface area contributed by atoms with Gasteiger partial charge in [0.25, 0.3) is 0 Å². The van der Waals surface area contributed by atoms with Gasteiger partial charge in [-0.3, -0.25) is 0 Å². The van der Waals surface area contributed by atoms with Gasteiger partial charge in [0.2, 0.25) is 0 Å². The smallest absolute Gasteiger partial charge is 0.426 e. The number of ether oxygens (including phenoxy) is 8. The number of aliphatic hydroxyl groups excluding tert-OH is 2. The zero-order chi connectivity index (χ0) is 23.0. The molecule has 0 saturated carbocycles. The number of cyclic esters (lactones) is 4. The third kappa shape index (κ3) is 12.0. The normalized spacial score (nSPS) is 20.2. The summed E-state index contributed by atoms with van der Waals surface area (Å²) in [6.45, 7) is 1.99. The van der Waals surface area contributed by atoms with E-state index in [2.05, 4.69) is 9.47 Å². The van der Waals surface area contributed by atoms with Crippen LogP contribution in [0.1, 0.15) is 12.8 Å². The van der Waals surface area contributed by atoms with Crippen molar-refractivity contribution < 1.29 is 57.7 Å². The van der Waals surface area contributed by atoms with Crippen molar-refractivity contribution in [3.63, 3.8) is 0 Å². The SMILES string of the molecule is O=C1OC/C(=C/COCC(O)COCCCCOCC(O)COC/C=C2/COC(=O)O2)O1. The first-order valence-corrected chi connectivity index (χ1v) is 10.3. The molecule has 2 unspecified atom stereocenters. The summed E-state index contributed by atoms with van der Waals surface area (Å²) >= 11 is 0. The Morgan fingerprint density at radius 1 is 0.719 bits per heavy atom. The highest BCUT2D eigenvalue weighted by Gasteiger charge is 2.18. The van der Waals surface area contributed by atoms with E-state index in [4.69, 9.17) is 28.4 Å². The van der Waals surface area contributed by atoms with Crippen LogP contribution in [0, 0.1) is 0 Å². The Morgan fingerprint density at radius 3 is 1.50 bits per heavy atom. The quantitative estimate of drug-likeness (QED) is 0.231. The molecule has 182 valence electrons. The van der Waals surface area contributed by atoms with Gasteiger partial charge in [-0.2, -0.15) is 0 Å². The van der Waals surface area contributed by atoms with Crippen molar-refractivity contribution in [3.05, 3.63) is 23.7 Å². The van der Waals surface area contributed by atoms with E-state index < -0.39 is 24.5 Å². The van der Waals surface area contributed by atoms with Crippen LogP contribution in [-0.4, -0.2) is 101 Å². The minimum absolute atomic E-state index is 0.0949. The fraction of sp³-hybridized carbons (Fsp3) is 0.700. The lowest BCUT2D eigenvalue weighted by Crippen LogP contribution is -2.23. The average Bonchev–Trinajstić information content (AvgIpc) is 3.38. The monoisotopic (exact) mass is 462 g/mol. The van der Waals surface area contributed by atoms with Gasteiger partial charge in [0, 0.05) is 13.2 Å². The molecule has 0 bridgehead atoms. The lowest BCUT2D eigenvalue weighted by molar-refractivity contribution is -0.0216. The zero-order valence-electron chi connectivity index (χ0n) is 17.8. The standard InChI is InChI=1S/C20H30O12/c21-15(11-27-7-3-17-13-29-19(23)31-17)9-25-5-1-2-6-26-10-16(22)12-28-8-4-18-14-30-20(24)32-18/h3-4,15-16,21-22H,1-2,5-14H2/b17-3-,18-4-. The molecule has 0 aromatic rings. The van der Waals surface area contributed by atoms with Gasteiger partial charge in [-0.05, 0) is 25.0 Å². The van der Waals surface area contributed by atoms with Crippen molar-refractivity contribution >= 4 is 12.3 Å². The Bertz CT molecular complexity index is 578. The van der Waals surface area contributed by atoms with E-state index in [9.17, 15) is 19.8 Å². The maximum absolute atomic E-state index is 10.7. The molecule has 2 N–H and O–H groups in total. The first-order chi connectivity index (χ1) is 15.5. The molecule has 2 aliphatic rings. The topological polar surface area (TPSA) is 148 Å². The molecule has 32 heavy (non-hydrogen) atoms. The highest BCUT2D eigenvalue weighted by molar-refractivity contribution is 5.64. The summed E-state index contributed by atoms with van der Waals surface area (Å²) in [6.07, 6.45) is 1.66. The summed E-state index contributed by atoms with van der Waals surface area (Å²) in [5, 5.41) is 19.5. The third-order valence-electron chi connectivity index (χ3n) is 4.02. The maximum Gasteiger partial charge on any atom is 0.514 e. The Kier molecular flexibility index (Phi) is 12.7. The molecular weight excluding hydrogens is 432 g/mol. The van der Waals surface area contributed by atoms with E-state index in [1.54, 1.807) is 12.2 Å². The number of unbranched alkanes of at least 4 members (excludes halogenated alkanes) is 1. The molecular formula is C20H30O12. The predicted octanol–water partition coefficient (Wildman–Crippen LogP) is 0.656. The van der Waals surface area contributed by atoms with Crippen LogP contribution < -0.4 is 0 Å². The van der Waals surface area contributed by atoms with E-state index in [1.807, 2.05) is 0 Å². The molecule has 2 rings (SSSR count). The molecule has 2 aliphatic heterocycles. The van der Waals surface area contributed by atoms with Crippen LogP contribution >= 0.6 is 0 Å². The largest absolute Gasteiger partial charge is 0.514 e. The van der Waals surface area contributed by atoms with Gasteiger partial charge in [0.05, 0.1) is 39.6 Å². The molecule has 0 radical (unpaired) electrons. The fourth-order valence-electron chi connectivity index (χ4n) is 2.45. The number of carbonyl (C=O) groups excluding carboxylic acids is 2. The van der Waals surface area contributed by atoms with E-state index in [0.29, 0.717) is 24.7 Å². The molecule has 12 heteroatoms. The van der Waals surface area contributed by atoms with Crippen LogP contribution in [0.4, 0.5) is 9.59 Å². The van der Waals surface area contributed by atoms with Gasteiger partial charge in [0.15, 0.2) is 13.2 Å². The second-order valence-electron chi connectivity index (χ2n) is 6.86. The maximum atomic E-state index is 10.7. The predicted molar refractivity (Wildman–Crippen MR) is 106 cm³/mol. The Hall–Kier alpha value is -2.22. The summed E-state index contributed by atoms with van der Waals surface area (Å²) in [4.78, 5) is 21.5. The van der Waals surface area contributed by atoms with Crippen molar-refractivity contribution in [3.8, 4) is 0 Å². The van der Waals surface area contributed by atoms with Gasteiger partial charge in [-0.25, -0.2) is 9.59 Å². The van der Waals surface area contributed by atoms with Crippen molar-refractivity contribution in [2.75, 3.05) is 66.1 Å². The van der Waals surface area contributed by atoms with Crippen LogP contribution in [0.5, 0.6) is 0 Å². The van der Waals surface area contributed by atoms with Crippen molar-refractivity contribution in [2.24, 2.45) is 0 Å². The highest BCUT2D eigenvalue weighted by atomic mass is 16.8. The lowest BCUT2D eigenvalue weighted by atomic mass is 10.3. The molecule has 2 saturated heterocycles. The minimum Gasteiger partial charge on any atom is -0.426 e.